The smallest absolute Gasteiger partial charge is 0.0477 e. The zero-order valence-electron chi connectivity index (χ0n) is 19.0. The van der Waals surface area contributed by atoms with Gasteiger partial charge in [0.15, 0.2) is 0 Å². The maximum atomic E-state index is 2.36. The van der Waals surface area contributed by atoms with Crippen LogP contribution in [0.15, 0.2) is 78.9 Å². The molecule has 29 heavy (non-hydrogen) atoms. The Labute approximate surface area is 216 Å². The van der Waals surface area contributed by atoms with Crippen molar-refractivity contribution in [1.82, 2.24) is 0 Å². The van der Waals surface area contributed by atoms with Gasteiger partial charge in [-0.3, -0.25) is 0 Å². The molecular weight excluding hydrogens is 610 g/mol. The normalized spacial score (nSPS) is 9.48. The summed E-state index contributed by atoms with van der Waals surface area (Å²) in [5.41, 5.74) is 0. The molecule has 3 rings (SSSR count). The molecule has 0 fully saturated rings. The molecule has 6 heteroatoms. The molecule has 1 radical (unpaired) electrons. The van der Waals surface area contributed by atoms with Gasteiger partial charge in [0, 0.05) is 52.2 Å². The van der Waals surface area contributed by atoms with E-state index in [1.54, 1.807) is 10.4 Å². The van der Waals surface area contributed by atoms with E-state index in [1.165, 1.54) is 5.19 Å². The summed E-state index contributed by atoms with van der Waals surface area (Å²) in [4.78, 5) is 0. The van der Waals surface area contributed by atoms with Crippen molar-refractivity contribution >= 4 is 66.8 Å². The van der Waals surface area contributed by atoms with Gasteiger partial charge in [0.05, 0.1) is 0 Å². The monoisotopic (exact) mass is 648 g/mol. The number of benzene rings is 1. The minimum Gasteiger partial charge on any atom is -0.358 e. The van der Waals surface area contributed by atoms with Crippen LogP contribution in [0.1, 0.15) is 0 Å². The van der Waals surface area contributed by atoms with E-state index in [9.17, 15) is 0 Å². The molecule has 0 bridgehead atoms. The molecular formula is C23H38Cl2HfSi3-3. The van der Waals surface area contributed by atoms with Crippen LogP contribution in [0.3, 0.4) is 0 Å². The Morgan fingerprint density at radius 2 is 1.00 bits per heavy atom. The molecule has 0 unspecified atom stereocenters. The van der Waals surface area contributed by atoms with Crippen molar-refractivity contribution in [3.05, 3.63) is 86.3 Å². The van der Waals surface area contributed by atoms with Gasteiger partial charge in [-0.1, -0.05) is 74.8 Å². The van der Waals surface area contributed by atoms with E-state index in [1.807, 2.05) is 28.4 Å². The molecule has 0 amide bonds. The van der Waals surface area contributed by atoms with E-state index in [4.69, 9.17) is 0 Å². The Hall–Kier alpha value is 0.0208. The molecule has 0 heterocycles. The van der Waals surface area contributed by atoms with Crippen LogP contribution < -0.4 is 15.6 Å². The minimum absolute atomic E-state index is 0. The van der Waals surface area contributed by atoms with Crippen LogP contribution in [0.25, 0.3) is 0 Å². The molecule has 0 aliphatic heterocycles. The first-order chi connectivity index (χ1) is 11.6. The van der Waals surface area contributed by atoms with Crippen LogP contribution in [0, 0.1) is 7.43 Å². The van der Waals surface area contributed by atoms with Gasteiger partial charge in [-0.25, -0.2) is 22.5 Å². The fourth-order valence-electron chi connectivity index (χ4n) is 2.23. The fraction of sp³-hybridized carbons (Fsp3) is 0.261. The molecule has 3 aromatic carbocycles. The summed E-state index contributed by atoms with van der Waals surface area (Å²) >= 11 is 0. The van der Waals surface area contributed by atoms with Crippen molar-refractivity contribution in [3.63, 3.8) is 0 Å². The summed E-state index contributed by atoms with van der Waals surface area (Å²) in [5.74, 6) is 0. The molecule has 0 aromatic heterocycles. The van der Waals surface area contributed by atoms with E-state index in [2.05, 4.69) is 99.9 Å². The van der Waals surface area contributed by atoms with Crippen LogP contribution in [0.5, 0.6) is 0 Å². The third kappa shape index (κ3) is 16.4. The number of rotatable bonds is 2. The summed E-state index contributed by atoms with van der Waals surface area (Å²) in [5, 5.41) is 4.47. The third-order valence-electron chi connectivity index (χ3n) is 3.90. The predicted octanol–water partition coefficient (Wildman–Crippen LogP) is 5.14. The van der Waals surface area contributed by atoms with E-state index in [-0.39, 0.29) is 58.1 Å². The fourth-order valence-corrected chi connectivity index (χ4v) is 4.88. The topological polar surface area (TPSA) is 0 Å². The van der Waals surface area contributed by atoms with Gasteiger partial charge in [0.2, 0.25) is 0 Å². The zero-order valence-corrected chi connectivity index (χ0v) is 27.7. The zero-order chi connectivity index (χ0) is 18.9. The van der Waals surface area contributed by atoms with E-state index < -0.39 is 16.1 Å². The SMILES string of the molecule is C[Si](C)(C)c1cc[cH-]c1.C[Si](C)(C)c1cc[cH-]c1.Cl.Cl.[CH3-].[Hf].[SiH2]c1ccccc1. The third-order valence-corrected chi connectivity index (χ3v) is 8.50. The second-order valence-corrected chi connectivity index (χ2v) is 19.3. The number of hydrogen-bond acceptors (Lipinski definition) is 0. The summed E-state index contributed by atoms with van der Waals surface area (Å²) in [6.07, 6.45) is 0. The van der Waals surface area contributed by atoms with Crippen molar-refractivity contribution in [2.24, 2.45) is 0 Å². The van der Waals surface area contributed by atoms with E-state index in [0.717, 1.165) is 0 Å². The Kier molecular flexibility index (Phi) is 22.2. The van der Waals surface area contributed by atoms with E-state index >= 15 is 0 Å². The molecule has 0 spiro atoms. The maximum absolute atomic E-state index is 2.36. The summed E-state index contributed by atoms with van der Waals surface area (Å²) in [6.45, 7) is 14.2. The van der Waals surface area contributed by atoms with Crippen LogP contribution in [0.4, 0.5) is 0 Å². The van der Waals surface area contributed by atoms with E-state index in [0.29, 0.717) is 0 Å². The van der Waals surface area contributed by atoms with Crippen molar-refractivity contribution < 1.29 is 25.8 Å². The summed E-state index contributed by atoms with van der Waals surface area (Å²) < 4.78 is 0. The van der Waals surface area contributed by atoms with Gasteiger partial charge in [-0.05, 0) is 0 Å². The first-order valence-electron chi connectivity index (χ1n) is 8.92. The molecule has 3 aromatic rings. The molecule has 0 atom stereocenters. The van der Waals surface area contributed by atoms with Crippen LogP contribution >= 0.6 is 24.8 Å². The average Bonchev–Trinajstić information content (AvgIpc) is 3.22. The largest absolute Gasteiger partial charge is 0.358 e. The average molecular weight is 648 g/mol. The molecule has 0 aliphatic carbocycles. The number of halogens is 2. The first-order valence-corrected chi connectivity index (χ1v) is 16.6. The van der Waals surface area contributed by atoms with Crippen molar-refractivity contribution in [1.29, 1.82) is 0 Å². The molecule has 0 N–H and O–H groups in total. The van der Waals surface area contributed by atoms with Gasteiger partial charge < -0.3 is 7.43 Å². The molecule has 0 saturated carbocycles. The quantitative estimate of drug-likeness (QED) is 0.267. The van der Waals surface area contributed by atoms with Gasteiger partial charge in [0.1, 0.15) is 0 Å². The van der Waals surface area contributed by atoms with Gasteiger partial charge >= 0.3 is 0 Å². The Bertz CT molecular complexity index is 640. The molecule has 0 saturated heterocycles. The Balaban J connectivity index is -0.000000152. The van der Waals surface area contributed by atoms with Crippen molar-refractivity contribution in [3.8, 4) is 0 Å². The molecule has 0 aliphatic rings. The molecule has 0 nitrogen and oxygen atoms in total. The predicted molar refractivity (Wildman–Crippen MR) is 146 cm³/mol. The van der Waals surface area contributed by atoms with Gasteiger partial charge in [-0.2, -0.15) is 36.4 Å². The second kappa shape index (κ2) is 17.7. The van der Waals surface area contributed by atoms with Crippen LogP contribution in [-0.4, -0.2) is 26.4 Å². The van der Waals surface area contributed by atoms with Gasteiger partial charge in [0.25, 0.3) is 0 Å². The Morgan fingerprint density at radius 1 is 0.655 bits per heavy atom. The van der Waals surface area contributed by atoms with Crippen LogP contribution in [0.2, 0.25) is 39.3 Å². The summed E-state index contributed by atoms with van der Waals surface area (Å²) in [6, 6.07) is 27.7. The summed E-state index contributed by atoms with van der Waals surface area (Å²) in [7, 11) is -0.0608. The minimum atomic E-state index is -0.981. The van der Waals surface area contributed by atoms with Crippen molar-refractivity contribution in [2.75, 3.05) is 0 Å². The van der Waals surface area contributed by atoms with Gasteiger partial charge in [-0.15, -0.1) is 24.8 Å². The first kappa shape index (κ1) is 36.4. The molecule has 163 valence electrons. The second-order valence-electron chi connectivity index (χ2n) is 8.33. The standard InChI is InChI=1S/2C8H13Si.C6H7Si.CH3.2ClH.Hf/c2*1-9(2,3)8-6-4-5-7-8;7-6-4-2-1-3-5-6;;;;/h2*4-7H,1-3H3;1-5H,7H2;1H3;2*1H;/q2*-1;;-1;;;. The number of hydrogen-bond donors (Lipinski definition) is 0. The maximum Gasteiger partial charge on any atom is 0.0477 e. The van der Waals surface area contributed by atoms with Crippen LogP contribution in [-0.2, 0) is 25.8 Å². The van der Waals surface area contributed by atoms with Crippen molar-refractivity contribution in [2.45, 2.75) is 39.3 Å². The Morgan fingerprint density at radius 3 is 1.14 bits per heavy atom.